The summed E-state index contributed by atoms with van der Waals surface area (Å²) in [6.07, 6.45) is 1.63. The normalized spacial score (nSPS) is 9.27. The van der Waals surface area contributed by atoms with Crippen LogP contribution >= 0.6 is 23.8 Å². The van der Waals surface area contributed by atoms with Gasteiger partial charge in [0.2, 0.25) is 0 Å². The van der Waals surface area contributed by atoms with Crippen molar-refractivity contribution in [1.29, 1.82) is 0 Å². The Bertz CT molecular complexity index is 275. The number of pyridine rings is 1. The Morgan fingerprint density at radius 1 is 1.73 bits per heavy atom. The molecule has 58 valence electrons. The van der Waals surface area contributed by atoms with Gasteiger partial charge in [-0.15, -0.1) is 0 Å². The summed E-state index contributed by atoms with van der Waals surface area (Å²) in [4.78, 5) is 4.50. The van der Waals surface area contributed by atoms with Crippen molar-refractivity contribution >= 4 is 28.8 Å². The van der Waals surface area contributed by atoms with Crippen LogP contribution in [0.5, 0.6) is 0 Å². The Kier molecular flexibility index (Phi) is 2.79. The SMILES string of the molecule is CNC(=S)c1cccnc1Cl. The Morgan fingerprint density at radius 2 is 2.45 bits per heavy atom. The molecule has 1 aromatic heterocycles. The highest BCUT2D eigenvalue weighted by molar-refractivity contribution is 7.80. The van der Waals surface area contributed by atoms with Crippen LogP contribution in [0.2, 0.25) is 5.15 Å². The standard InChI is InChI=1S/C7H7ClN2S/c1-9-7(11)5-3-2-4-10-6(5)8/h2-4H,1H3,(H,9,11). The lowest BCUT2D eigenvalue weighted by atomic mass is 10.3. The molecule has 2 nitrogen and oxygen atoms in total. The third kappa shape index (κ3) is 1.88. The molecule has 0 aliphatic heterocycles. The molecule has 0 saturated heterocycles. The average Bonchev–Trinajstić information content (AvgIpc) is 2.04. The highest BCUT2D eigenvalue weighted by Gasteiger charge is 2.02. The van der Waals surface area contributed by atoms with Gasteiger partial charge in [-0.05, 0) is 12.1 Å². The fourth-order valence-electron chi connectivity index (χ4n) is 0.690. The second-order valence-corrected chi connectivity index (χ2v) is 2.69. The largest absolute Gasteiger partial charge is 0.379 e. The molecule has 0 fully saturated rings. The second kappa shape index (κ2) is 3.64. The first kappa shape index (κ1) is 8.43. The summed E-state index contributed by atoms with van der Waals surface area (Å²) in [5.74, 6) is 0. The molecule has 11 heavy (non-hydrogen) atoms. The average molecular weight is 187 g/mol. The lowest BCUT2D eigenvalue weighted by molar-refractivity contribution is 1.19. The Morgan fingerprint density at radius 3 is 3.00 bits per heavy atom. The van der Waals surface area contributed by atoms with Crippen LogP contribution in [0.1, 0.15) is 5.56 Å². The fraction of sp³-hybridized carbons (Fsp3) is 0.143. The van der Waals surface area contributed by atoms with E-state index >= 15 is 0 Å². The van der Waals surface area contributed by atoms with E-state index in [-0.39, 0.29) is 0 Å². The van der Waals surface area contributed by atoms with Crippen LogP contribution in [0.25, 0.3) is 0 Å². The van der Waals surface area contributed by atoms with E-state index in [1.165, 1.54) is 0 Å². The van der Waals surface area contributed by atoms with Gasteiger partial charge in [-0.25, -0.2) is 4.98 Å². The van der Waals surface area contributed by atoms with Gasteiger partial charge in [-0.3, -0.25) is 0 Å². The molecule has 0 spiro atoms. The molecule has 0 atom stereocenters. The first-order valence-corrected chi connectivity index (χ1v) is 3.87. The molecule has 0 aliphatic rings. The predicted molar refractivity (Wildman–Crippen MR) is 50.0 cm³/mol. The van der Waals surface area contributed by atoms with Crippen LogP contribution < -0.4 is 5.32 Å². The van der Waals surface area contributed by atoms with E-state index in [1.54, 1.807) is 19.3 Å². The monoisotopic (exact) mass is 186 g/mol. The van der Waals surface area contributed by atoms with E-state index in [9.17, 15) is 0 Å². The number of nitrogens with zero attached hydrogens (tertiary/aromatic N) is 1. The topological polar surface area (TPSA) is 24.9 Å². The van der Waals surface area contributed by atoms with Crippen LogP contribution in [0.4, 0.5) is 0 Å². The van der Waals surface area contributed by atoms with Crippen LogP contribution in [0.15, 0.2) is 18.3 Å². The smallest absolute Gasteiger partial charge is 0.139 e. The highest BCUT2D eigenvalue weighted by atomic mass is 35.5. The number of aromatic nitrogens is 1. The Balaban J connectivity index is 3.03. The second-order valence-electron chi connectivity index (χ2n) is 1.92. The van der Waals surface area contributed by atoms with Gasteiger partial charge in [0.05, 0.1) is 0 Å². The zero-order valence-electron chi connectivity index (χ0n) is 5.97. The van der Waals surface area contributed by atoms with Crippen molar-refractivity contribution in [1.82, 2.24) is 10.3 Å². The maximum absolute atomic E-state index is 5.76. The number of nitrogens with one attached hydrogen (secondary N) is 1. The quantitative estimate of drug-likeness (QED) is 0.533. The van der Waals surface area contributed by atoms with E-state index in [0.717, 1.165) is 5.56 Å². The van der Waals surface area contributed by atoms with Gasteiger partial charge in [-0.1, -0.05) is 23.8 Å². The van der Waals surface area contributed by atoms with Crippen molar-refractivity contribution in [2.24, 2.45) is 0 Å². The molecule has 1 aromatic rings. The number of halogens is 1. The van der Waals surface area contributed by atoms with Crippen molar-refractivity contribution < 1.29 is 0 Å². The fourth-order valence-corrected chi connectivity index (χ4v) is 1.12. The summed E-state index contributed by atoms with van der Waals surface area (Å²) >= 11 is 10.7. The van der Waals surface area contributed by atoms with Crippen molar-refractivity contribution in [2.45, 2.75) is 0 Å². The zero-order chi connectivity index (χ0) is 8.27. The summed E-state index contributed by atoms with van der Waals surface area (Å²) < 4.78 is 0. The summed E-state index contributed by atoms with van der Waals surface area (Å²) in [6, 6.07) is 3.62. The van der Waals surface area contributed by atoms with Crippen LogP contribution in [-0.4, -0.2) is 17.0 Å². The summed E-state index contributed by atoms with van der Waals surface area (Å²) in [6.45, 7) is 0. The molecule has 0 saturated carbocycles. The molecule has 0 aliphatic carbocycles. The minimum Gasteiger partial charge on any atom is -0.379 e. The molecule has 1 heterocycles. The van der Waals surface area contributed by atoms with E-state index in [4.69, 9.17) is 23.8 Å². The van der Waals surface area contributed by atoms with Crippen molar-refractivity contribution in [2.75, 3.05) is 7.05 Å². The van der Waals surface area contributed by atoms with E-state index < -0.39 is 0 Å². The van der Waals surface area contributed by atoms with Gasteiger partial charge in [0.1, 0.15) is 10.1 Å². The first-order valence-electron chi connectivity index (χ1n) is 3.08. The third-order valence-electron chi connectivity index (χ3n) is 1.23. The molecular weight excluding hydrogens is 180 g/mol. The third-order valence-corrected chi connectivity index (χ3v) is 1.96. The van der Waals surface area contributed by atoms with Crippen LogP contribution in [-0.2, 0) is 0 Å². The number of hydrogen-bond donors (Lipinski definition) is 1. The molecule has 0 radical (unpaired) electrons. The number of rotatable bonds is 1. The Labute approximate surface area is 75.6 Å². The maximum atomic E-state index is 5.76. The van der Waals surface area contributed by atoms with Crippen LogP contribution in [0, 0.1) is 0 Å². The van der Waals surface area contributed by atoms with Crippen molar-refractivity contribution in [3.63, 3.8) is 0 Å². The maximum Gasteiger partial charge on any atom is 0.139 e. The predicted octanol–water partition coefficient (Wildman–Crippen LogP) is 1.63. The van der Waals surface area contributed by atoms with Gasteiger partial charge in [0.25, 0.3) is 0 Å². The zero-order valence-corrected chi connectivity index (χ0v) is 7.54. The van der Waals surface area contributed by atoms with E-state index in [1.807, 2.05) is 6.07 Å². The molecule has 0 amide bonds. The summed E-state index contributed by atoms with van der Waals surface area (Å²) in [7, 11) is 1.76. The summed E-state index contributed by atoms with van der Waals surface area (Å²) in [5.41, 5.74) is 0.770. The Hall–Kier alpha value is -0.670. The number of hydrogen-bond acceptors (Lipinski definition) is 2. The van der Waals surface area contributed by atoms with Crippen molar-refractivity contribution in [3.05, 3.63) is 29.0 Å². The van der Waals surface area contributed by atoms with E-state index in [0.29, 0.717) is 10.1 Å². The molecule has 0 unspecified atom stereocenters. The minimum atomic E-state index is 0.437. The molecule has 1 N–H and O–H groups in total. The molecule has 0 aromatic carbocycles. The molecular formula is C7H7ClN2S. The van der Waals surface area contributed by atoms with Gasteiger partial charge in [0, 0.05) is 18.8 Å². The lowest BCUT2D eigenvalue weighted by Crippen LogP contribution is -2.17. The van der Waals surface area contributed by atoms with Gasteiger partial charge in [0.15, 0.2) is 0 Å². The first-order chi connectivity index (χ1) is 5.25. The number of thiocarbonyl (C=S) groups is 1. The summed E-state index contributed by atoms with van der Waals surface area (Å²) in [5, 5.41) is 3.27. The van der Waals surface area contributed by atoms with Gasteiger partial charge >= 0.3 is 0 Å². The minimum absolute atomic E-state index is 0.437. The highest BCUT2D eigenvalue weighted by Crippen LogP contribution is 2.11. The van der Waals surface area contributed by atoms with Crippen LogP contribution in [0.3, 0.4) is 0 Å². The van der Waals surface area contributed by atoms with Crippen molar-refractivity contribution in [3.8, 4) is 0 Å². The molecule has 0 bridgehead atoms. The van der Waals surface area contributed by atoms with E-state index in [2.05, 4.69) is 10.3 Å². The van der Waals surface area contributed by atoms with Gasteiger partial charge in [-0.2, -0.15) is 0 Å². The van der Waals surface area contributed by atoms with Gasteiger partial charge < -0.3 is 5.32 Å². The molecule has 4 heteroatoms. The molecule has 1 rings (SSSR count). The lowest BCUT2D eigenvalue weighted by Gasteiger charge is -2.02.